The van der Waals surface area contributed by atoms with Crippen molar-refractivity contribution in [2.24, 2.45) is 0 Å². The van der Waals surface area contributed by atoms with Gasteiger partial charge in [-0.2, -0.15) is 0 Å². The van der Waals surface area contributed by atoms with Gasteiger partial charge in [0, 0.05) is 11.3 Å². The molecular formula is C22H20N6O. The Kier molecular flexibility index (Phi) is 4.94. The summed E-state index contributed by atoms with van der Waals surface area (Å²) in [7, 11) is 0. The van der Waals surface area contributed by atoms with Gasteiger partial charge in [0.25, 0.3) is 5.91 Å². The van der Waals surface area contributed by atoms with Crippen molar-refractivity contribution in [3.63, 3.8) is 0 Å². The lowest BCUT2D eigenvalue weighted by Gasteiger charge is -2.14. The lowest BCUT2D eigenvalue weighted by Crippen LogP contribution is -2.30. The largest absolute Gasteiger partial charge is 0.393 e. The van der Waals surface area contributed by atoms with Crippen molar-refractivity contribution >= 4 is 39.7 Å². The number of nitrogens with one attached hydrogen (secondary N) is 3. The average Bonchev–Trinajstić information content (AvgIpc) is 2.74. The Morgan fingerprint density at radius 2 is 1.69 bits per heavy atom. The van der Waals surface area contributed by atoms with Gasteiger partial charge in [-0.25, -0.2) is 9.97 Å². The number of nitrogens with zero attached hydrogens (tertiary/aromatic N) is 2. The van der Waals surface area contributed by atoms with Crippen LogP contribution in [0.5, 0.6) is 0 Å². The number of nitrogen functional groups attached to an aromatic ring is 1. The minimum atomic E-state index is -0.284. The van der Waals surface area contributed by atoms with E-state index in [9.17, 15) is 4.79 Å². The van der Waals surface area contributed by atoms with Crippen molar-refractivity contribution in [3.05, 3.63) is 84.2 Å². The highest BCUT2D eigenvalue weighted by molar-refractivity contribution is 6.07. The third kappa shape index (κ3) is 3.93. The quantitative estimate of drug-likeness (QED) is 0.387. The molecule has 7 nitrogen and oxygen atoms in total. The zero-order chi connectivity index (χ0) is 20.2. The van der Waals surface area contributed by atoms with Crippen LogP contribution in [0.3, 0.4) is 0 Å². The predicted molar refractivity (Wildman–Crippen MR) is 116 cm³/mol. The second-order valence-electron chi connectivity index (χ2n) is 6.58. The first kappa shape index (κ1) is 18.2. The van der Waals surface area contributed by atoms with Gasteiger partial charge in [-0.15, -0.1) is 0 Å². The SMILES string of the molecule is Cc1cccc(Nc2ncnc(NNC(=O)c3cccc4ccccc34)c2N)c1. The summed E-state index contributed by atoms with van der Waals surface area (Å²) in [4.78, 5) is 21.0. The highest BCUT2D eigenvalue weighted by Crippen LogP contribution is 2.26. The molecule has 0 aliphatic carbocycles. The normalized spacial score (nSPS) is 10.5. The Labute approximate surface area is 168 Å². The van der Waals surface area contributed by atoms with Gasteiger partial charge in [-0.1, -0.05) is 48.5 Å². The summed E-state index contributed by atoms with van der Waals surface area (Å²) in [5.74, 6) is 0.476. The molecule has 0 aliphatic rings. The van der Waals surface area contributed by atoms with Crippen LogP contribution in [0, 0.1) is 6.92 Å². The van der Waals surface area contributed by atoms with Crippen LogP contribution in [0.2, 0.25) is 0 Å². The van der Waals surface area contributed by atoms with E-state index in [1.807, 2.05) is 67.6 Å². The summed E-state index contributed by atoms with van der Waals surface area (Å²) >= 11 is 0. The van der Waals surface area contributed by atoms with Crippen molar-refractivity contribution in [1.29, 1.82) is 0 Å². The number of aromatic nitrogens is 2. The van der Waals surface area contributed by atoms with Gasteiger partial charge in [-0.05, 0) is 41.5 Å². The number of benzene rings is 3. The number of nitrogens with two attached hydrogens (primary N) is 1. The van der Waals surface area contributed by atoms with Crippen LogP contribution in [-0.4, -0.2) is 15.9 Å². The fourth-order valence-electron chi connectivity index (χ4n) is 3.06. The van der Waals surface area contributed by atoms with E-state index in [0.29, 0.717) is 22.9 Å². The molecule has 0 aliphatic heterocycles. The van der Waals surface area contributed by atoms with Gasteiger partial charge >= 0.3 is 0 Å². The van der Waals surface area contributed by atoms with Crippen LogP contribution >= 0.6 is 0 Å². The molecule has 0 atom stereocenters. The second-order valence-corrected chi connectivity index (χ2v) is 6.58. The molecule has 144 valence electrons. The van der Waals surface area contributed by atoms with Crippen molar-refractivity contribution < 1.29 is 4.79 Å². The van der Waals surface area contributed by atoms with E-state index in [-0.39, 0.29) is 5.91 Å². The molecule has 1 heterocycles. The topological polar surface area (TPSA) is 105 Å². The Bertz CT molecular complexity index is 1190. The van der Waals surface area contributed by atoms with Crippen molar-refractivity contribution in [2.75, 3.05) is 16.5 Å². The number of carbonyl (C=O) groups excluding carboxylic acids is 1. The van der Waals surface area contributed by atoms with E-state index < -0.39 is 0 Å². The molecule has 29 heavy (non-hydrogen) atoms. The first-order valence-corrected chi connectivity index (χ1v) is 9.10. The van der Waals surface area contributed by atoms with E-state index in [1.54, 1.807) is 6.07 Å². The standard InChI is InChI=1S/C22H20N6O/c1-14-6-4-9-16(12-14)26-20-19(23)21(25-13-24-20)27-28-22(29)18-11-5-8-15-7-2-3-10-17(15)18/h2-13H,23H2,1H3,(H,28,29)(H2,24,25,26,27). The molecule has 0 fully saturated rings. The number of hydrogen-bond acceptors (Lipinski definition) is 6. The molecule has 0 unspecified atom stereocenters. The van der Waals surface area contributed by atoms with Crippen molar-refractivity contribution in [3.8, 4) is 0 Å². The van der Waals surface area contributed by atoms with Crippen LogP contribution in [0.25, 0.3) is 10.8 Å². The number of anilines is 4. The van der Waals surface area contributed by atoms with E-state index in [1.165, 1.54) is 6.33 Å². The maximum absolute atomic E-state index is 12.7. The number of hydrogen-bond donors (Lipinski definition) is 4. The number of rotatable bonds is 5. The fourth-order valence-corrected chi connectivity index (χ4v) is 3.06. The minimum Gasteiger partial charge on any atom is -0.393 e. The summed E-state index contributed by atoms with van der Waals surface area (Å²) in [6.45, 7) is 2.00. The summed E-state index contributed by atoms with van der Waals surface area (Å²) in [5, 5.41) is 5.03. The van der Waals surface area contributed by atoms with Gasteiger partial charge in [0.2, 0.25) is 0 Å². The summed E-state index contributed by atoms with van der Waals surface area (Å²) < 4.78 is 0. The maximum atomic E-state index is 12.7. The second kappa shape index (κ2) is 7.85. The number of carbonyl (C=O) groups is 1. The average molecular weight is 384 g/mol. The zero-order valence-electron chi connectivity index (χ0n) is 15.8. The van der Waals surface area contributed by atoms with E-state index in [0.717, 1.165) is 22.0 Å². The van der Waals surface area contributed by atoms with Crippen molar-refractivity contribution in [2.45, 2.75) is 6.92 Å². The Hall–Kier alpha value is -4.13. The van der Waals surface area contributed by atoms with Crippen molar-refractivity contribution in [1.82, 2.24) is 15.4 Å². The Balaban J connectivity index is 1.52. The fraction of sp³-hybridized carbons (Fsp3) is 0.0455. The van der Waals surface area contributed by atoms with Gasteiger partial charge in [-0.3, -0.25) is 15.6 Å². The van der Waals surface area contributed by atoms with Crippen LogP contribution in [0.4, 0.5) is 23.0 Å². The lowest BCUT2D eigenvalue weighted by molar-refractivity contribution is 0.0964. The summed E-state index contributed by atoms with van der Waals surface area (Å²) in [6.07, 6.45) is 1.38. The molecule has 4 aromatic rings. The third-order valence-corrected chi connectivity index (χ3v) is 4.49. The van der Waals surface area contributed by atoms with Gasteiger partial charge in [0.15, 0.2) is 11.6 Å². The number of hydrazine groups is 1. The molecular weight excluding hydrogens is 364 g/mol. The van der Waals surface area contributed by atoms with E-state index in [4.69, 9.17) is 5.73 Å². The first-order chi connectivity index (χ1) is 14.1. The highest BCUT2D eigenvalue weighted by atomic mass is 16.2. The predicted octanol–water partition coefficient (Wildman–Crippen LogP) is 4.02. The molecule has 5 N–H and O–H groups in total. The third-order valence-electron chi connectivity index (χ3n) is 4.49. The monoisotopic (exact) mass is 384 g/mol. The summed E-state index contributed by atoms with van der Waals surface area (Å²) in [6, 6.07) is 21.1. The van der Waals surface area contributed by atoms with Gasteiger partial charge in [0.05, 0.1) is 0 Å². The molecule has 0 saturated carbocycles. The molecule has 0 spiro atoms. The summed E-state index contributed by atoms with van der Waals surface area (Å²) in [5.41, 5.74) is 14.5. The number of aryl methyl sites for hydroxylation is 1. The number of fused-ring (bicyclic) bond motifs is 1. The van der Waals surface area contributed by atoms with Gasteiger partial charge in [0.1, 0.15) is 12.0 Å². The lowest BCUT2D eigenvalue weighted by atomic mass is 10.0. The van der Waals surface area contributed by atoms with Crippen LogP contribution in [0.1, 0.15) is 15.9 Å². The molecule has 4 rings (SSSR count). The molecule has 0 radical (unpaired) electrons. The molecule has 0 saturated heterocycles. The van der Waals surface area contributed by atoms with Gasteiger partial charge < -0.3 is 11.1 Å². The van der Waals surface area contributed by atoms with Crippen LogP contribution in [0.15, 0.2) is 73.1 Å². The first-order valence-electron chi connectivity index (χ1n) is 9.10. The molecule has 1 aromatic heterocycles. The molecule has 7 heteroatoms. The van der Waals surface area contributed by atoms with Crippen LogP contribution in [-0.2, 0) is 0 Å². The maximum Gasteiger partial charge on any atom is 0.270 e. The van der Waals surface area contributed by atoms with Crippen LogP contribution < -0.4 is 21.9 Å². The zero-order valence-corrected chi connectivity index (χ0v) is 15.8. The smallest absolute Gasteiger partial charge is 0.270 e. The number of amides is 1. The highest BCUT2D eigenvalue weighted by Gasteiger charge is 2.12. The minimum absolute atomic E-state index is 0.284. The van der Waals surface area contributed by atoms with E-state index in [2.05, 4.69) is 26.1 Å². The molecule has 3 aromatic carbocycles. The Morgan fingerprint density at radius 3 is 2.55 bits per heavy atom. The Morgan fingerprint density at radius 1 is 0.931 bits per heavy atom. The van der Waals surface area contributed by atoms with E-state index >= 15 is 0 Å². The molecule has 1 amide bonds. The molecule has 0 bridgehead atoms.